The van der Waals surface area contributed by atoms with Crippen molar-refractivity contribution in [3.05, 3.63) is 0 Å². The molecule has 0 heterocycles. The molecule has 1 saturated carbocycles. The number of carbonyl (C=O) groups excluding carboxylic acids is 1. The smallest absolute Gasteiger partial charge is 0.308 e. The van der Waals surface area contributed by atoms with Crippen LogP contribution in [0.1, 0.15) is 12.8 Å². The zero-order valence-corrected chi connectivity index (χ0v) is 6.17. The molecule has 1 fully saturated rings. The van der Waals surface area contributed by atoms with Gasteiger partial charge in [-0.05, 0) is 25.3 Å². The molecule has 2 N–H and O–H groups in total. The SMILES string of the molecule is COC(=O)[C@H]1C[C@H](CN)C1. The minimum Gasteiger partial charge on any atom is -0.469 e. The highest BCUT2D eigenvalue weighted by molar-refractivity contribution is 5.73. The summed E-state index contributed by atoms with van der Waals surface area (Å²) >= 11 is 0. The number of hydrogen-bond acceptors (Lipinski definition) is 3. The van der Waals surface area contributed by atoms with E-state index in [9.17, 15) is 4.79 Å². The lowest BCUT2D eigenvalue weighted by Gasteiger charge is -2.31. The summed E-state index contributed by atoms with van der Waals surface area (Å²) in [6.07, 6.45) is 1.84. The van der Waals surface area contributed by atoms with Crippen molar-refractivity contribution in [3.63, 3.8) is 0 Å². The summed E-state index contributed by atoms with van der Waals surface area (Å²) in [5.41, 5.74) is 5.39. The van der Waals surface area contributed by atoms with Crippen molar-refractivity contribution in [2.45, 2.75) is 12.8 Å². The maximum Gasteiger partial charge on any atom is 0.308 e. The molecule has 1 aliphatic rings. The molecule has 0 unspecified atom stereocenters. The van der Waals surface area contributed by atoms with Gasteiger partial charge in [-0.3, -0.25) is 4.79 Å². The van der Waals surface area contributed by atoms with Crippen LogP contribution in [0.2, 0.25) is 0 Å². The molecule has 0 bridgehead atoms. The van der Waals surface area contributed by atoms with E-state index in [1.807, 2.05) is 0 Å². The fourth-order valence-corrected chi connectivity index (χ4v) is 1.29. The van der Waals surface area contributed by atoms with Crippen LogP contribution in [0, 0.1) is 11.8 Å². The Hall–Kier alpha value is -0.570. The fourth-order valence-electron chi connectivity index (χ4n) is 1.29. The van der Waals surface area contributed by atoms with E-state index >= 15 is 0 Å². The number of rotatable bonds is 2. The average Bonchev–Trinajstić information content (AvgIpc) is 1.85. The van der Waals surface area contributed by atoms with Crippen LogP contribution in [-0.4, -0.2) is 19.6 Å². The zero-order chi connectivity index (χ0) is 7.56. The van der Waals surface area contributed by atoms with Crippen LogP contribution >= 0.6 is 0 Å². The van der Waals surface area contributed by atoms with E-state index < -0.39 is 0 Å². The van der Waals surface area contributed by atoms with Crippen molar-refractivity contribution in [1.82, 2.24) is 0 Å². The van der Waals surface area contributed by atoms with Gasteiger partial charge in [-0.15, -0.1) is 0 Å². The van der Waals surface area contributed by atoms with E-state index in [1.54, 1.807) is 0 Å². The first-order chi connectivity index (χ1) is 4.77. The Morgan fingerprint density at radius 3 is 2.70 bits per heavy atom. The molecule has 10 heavy (non-hydrogen) atoms. The van der Waals surface area contributed by atoms with E-state index in [1.165, 1.54) is 7.11 Å². The highest BCUT2D eigenvalue weighted by Gasteiger charge is 2.33. The molecule has 1 rings (SSSR count). The van der Waals surface area contributed by atoms with E-state index in [0.717, 1.165) is 12.8 Å². The lowest BCUT2D eigenvalue weighted by Crippen LogP contribution is -2.35. The molecule has 3 heteroatoms. The van der Waals surface area contributed by atoms with Crippen molar-refractivity contribution in [1.29, 1.82) is 0 Å². The summed E-state index contributed by atoms with van der Waals surface area (Å²) in [5, 5.41) is 0. The number of hydrogen-bond donors (Lipinski definition) is 1. The van der Waals surface area contributed by atoms with Gasteiger partial charge < -0.3 is 10.5 Å². The van der Waals surface area contributed by atoms with Crippen LogP contribution in [0.5, 0.6) is 0 Å². The van der Waals surface area contributed by atoms with Crippen LogP contribution in [0.4, 0.5) is 0 Å². The van der Waals surface area contributed by atoms with Crippen molar-refractivity contribution < 1.29 is 9.53 Å². The van der Waals surface area contributed by atoms with Gasteiger partial charge >= 0.3 is 5.97 Å². The van der Waals surface area contributed by atoms with Gasteiger partial charge in [0.25, 0.3) is 0 Å². The Bertz CT molecular complexity index is 130. The van der Waals surface area contributed by atoms with Crippen LogP contribution in [0.25, 0.3) is 0 Å². The molecule has 0 atom stereocenters. The molecule has 0 aromatic rings. The summed E-state index contributed by atoms with van der Waals surface area (Å²) in [4.78, 5) is 10.8. The molecular weight excluding hydrogens is 130 g/mol. The number of esters is 1. The largest absolute Gasteiger partial charge is 0.469 e. The molecule has 0 aromatic heterocycles. The second kappa shape index (κ2) is 3.01. The van der Waals surface area contributed by atoms with Gasteiger partial charge in [0, 0.05) is 0 Å². The maximum atomic E-state index is 10.8. The van der Waals surface area contributed by atoms with Crippen LogP contribution in [0.3, 0.4) is 0 Å². The fraction of sp³-hybridized carbons (Fsp3) is 0.857. The molecule has 1 aliphatic carbocycles. The third-order valence-corrected chi connectivity index (χ3v) is 2.10. The summed E-state index contributed by atoms with van der Waals surface area (Å²) < 4.78 is 4.57. The quantitative estimate of drug-likeness (QED) is 0.559. The van der Waals surface area contributed by atoms with Crippen LogP contribution in [-0.2, 0) is 9.53 Å². The maximum absolute atomic E-state index is 10.8. The molecular formula is C7H13NO2. The number of carbonyl (C=O) groups is 1. The topological polar surface area (TPSA) is 52.3 Å². The first-order valence-corrected chi connectivity index (χ1v) is 3.55. The van der Waals surface area contributed by atoms with Gasteiger partial charge in [-0.2, -0.15) is 0 Å². The summed E-state index contributed by atoms with van der Waals surface area (Å²) in [7, 11) is 1.43. The van der Waals surface area contributed by atoms with E-state index in [2.05, 4.69) is 4.74 Å². The standard InChI is InChI=1S/C7H13NO2/c1-10-7(9)6-2-5(3-6)4-8/h5-6H,2-4,8H2,1H3/t5-,6-. The molecule has 0 saturated heterocycles. The lowest BCUT2D eigenvalue weighted by molar-refractivity contribution is -0.149. The summed E-state index contributed by atoms with van der Waals surface area (Å²) in [6.45, 7) is 0.702. The van der Waals surface area contributed by atoms with E-state index in [4.69, 9.17) is 5.73 Å². The summed E-state index contributed by atoms with van der Waals surface area (Å²) in [6, 6.07) is 0. The lowest BCUT2D eigenvalue weighted by atomic mass is 9.75. The Morgan fingerprint density at radius 1 is 1.70 bits per heavy atom. The average molecular weight is 143 g/mol. The minimum atomic E-state index is -0.0790. The zero-order valence-electron chi connectivity index (χ0n) is 6.17. The second-order valence-electron chi connectivity index (χ2n) is 2.79. The van der Waals surface area contributed by atoms with Gasteiger partial charge in [0.1, 0.15) is 0 Å². The highest BCUT2D eigenvalue weighted by Crippen LogP contribution is 2.33. The molecule has 0 aliphatic heterocycles. The first kappa shape index (κ1) is 7.54. The van der Waals surface area contributed by atoms with Gasteiger partial charge in [0.2, 0.25) is 0 Å². The predicted octanol–water partition coefficient (Wildman–Crippen LogP) is 0.144. The third kappa shape index (κ3) is 1.29. The summed E-state index contributed by atoms with van der Waals surface area (Å²) in [5.74, 6) is 0.618. The van der Waals surface area contributed by atoms with E-state index in [0.29, 0.717) is 12.5 Å². The Labute approximate surface area is 60.5 Å². The van der Waals surface area contributed by atoms with Crippen molar-refractivity contribution >= 4 is 5.97 Å². The van der Waals surface area contributed by atoms with Crippen molar-refractivity contribution in [2.75, 3.05) is 13.7 Å². The Morgan fingerprint density at radius 2 is 2.30 bits per heavy atom. The Kier molecular flexibility index (Phi) is 2.27. The number of methoxy groups -OCH3 is 1. The molecule has 58 valence electrons. The molecule has 0 radical (unpaired) electrons. The molecule has 0 aromatic carbocycles. The third-order valence-electron chi connectivity index (χ3n) is 2.10. The predicted molar refractivity (Wildman–Crippen MR) is 37.3 cm³/mol. The second-order valence-corrected chi connectivity index (χ2v) is 2.79. The van der Waals surface area contributed by atoms with Gasteiger partial charge in [0.15, 0.2) is 0 Å². The van der Waals surface area contributed by atoms with Crippen molar-refractivity contribution in [2.24, 2.45) is 17.6 Å². The normalized spacial score (nSPS) is 31.0. The molecule has 3 nitrogen and oxygen atoms in total. The Balaban J connectivity index is 2.19. The van der Waals surface area contributed by atoms with Gasteiger partial charge in [-0.25, -0.2) is 0 Å². The van der Waals surface area contributed by atoms with Gasteiger partial charge in [-0.1, -0.05) is 0 Å². The minimum absolute atomic E-state index is 0.0790. The molecule has 0 amide bonds. The highest BCUT2D eigenvalue weighted by atomic mass is 16.5. The number of nitrogens with two attached hydrogens (primary N) is 1. The van der Waals surface area contributed by atoms with E-state index in [-0.39, 0.29) is 11.9 Å². The van der Waals surface area contributed by atoms with Crippen LogP contribution < -0.4 is 5.73 Å². The monoisotopic (exact) mass is 143 g/mol. The van der Waals surface area contributed by atoms with Crippen LogP contribution in [0.15, 0.2) is 0 Å². The van der Waals surface area contributed by atoms with Crippen molar-refractivity contribution in [3.8, 4) is 0 Å². The van der Waals surface area contributed by atoms with Gasteiger partial charge in [0.05, 0.1) is 13.0 Å². The number of ether oxygens (including phenoxy) is 1. The first-order valence-electron chi connectivity index (χ1n) is 3.55. The molecule has 0 spiro atoms.